The van der Waals surface area contributed by atoms with Crippen LogP contribution in [0.5, 0.6) is 0 Å². The van der Waals surface area contributed by atoms with Gasteiger partial charge in [-0.2, -0.15) is 8.42 Å². The van der Waals surface area contributed by atoms with Crippen LogP contribution in [-0.4, -0.2) is 20.8 Å². The molecule has 2 atom stereocenters. The number of hydrogen-bond donors (Lipinski definition) is 0. The minimum Gasteiger partial charge on any atom is -0.267 e. The van der Waals surface area contributed by atoms with Crippen molar-refractivity contribution in [3.8, 4) is 11.1 Å². The SMILES string of the molecule is CS(=O)(=O)O[C@H]1C[C@@H]1CCc1ccc(-c2ccccc2)cc1. The van der Waals surface area contributed by atoms with Gasteiger partial charge in [0, 0.05) is 0 Å². The number of aryl methyl sites for hydroxylation is 1. The molecule has 0 unspecified atom stereocenters. The van der Waals surface area contributed by atoms with Crippen molar-refractivity contribution in [1.82, 2.24) is 0 Å². The molecule has 0 amide bonds. The Labute approximate surface area is 132 Å². The average molecular weight is 316 g/mol. The van der Waals surface area contributed by atoms with Crippen LogP contribution >= 0.6 is 0 Å². The van der Waals surface area contributed by atoms with Crippen LogP contribution in [0, 0.1) is 5.92 Å². The van der Waals surface area contributed by atoms with E-state index in [1.54, 1.807) is 0 Å². The van der Waals surface area contributed by atoms with Gasteiger partial charge < -0.3 is 0 Å². The summed E-state index contributed by atoms with van der Waals surface area (Å²) in [5.41, 5.74) is 3.72. The van der Waals surface area contributed by atoms with Crippen molar-refractivity contribution < 1.29 is 12.6 Å². The van der Waals surface area contributed by atoms with Gasteiger partial charge in [-0.3, -0.25) is 4.18 Å². The molecule has 1 aliphatic rings. The van der Waals surface area contributed by atoms with E-state index in [-0.39, 0.29) is 6.10 Å². The zero-order valence-electron chi connectivity index (χ0n) is 12.6. The molecule has 3 nitrogen and oxygen atoms in total. The fraction of sp³-hybridized carbons (Fsp3) is 0.333. The molecular weight excluding hydrogens is 296 g/mol. The minimum atomic E-state index is -3.31. The highest BCUT2D eigenvalue weighted by atomic mass is 32.2. The van der Waals surface area contributed by atoms with E-state index in [2.05, 4.69) is 36.4 Å². The molecular formula is C18H20O3S. The summed E-state index contributed by atoms with van der Waals surface area (Å²) in [5.74, 6) is 0.378. The van der Waals surface area contributed by atoms with Gasteiger partial charge >= 0.3 is 0 Å². The van der Waals surface area contributed by atoms with Crippen molar-refractivity contribution in [3.63, 3.8) is 0 Å². The van der Waals surface area contributed by atoms with Gasteiger partial charge in [0.05, 0.1) is 12.4 Å². The van der Waals surface area contributed by atoms with Crippen LogP contribution in [0.15, 0.2) is 54.6 Å². The Balaban J connectivity index is 1.53. The zero-order chi connectivity index (χ0) is 15.6. The van der Waals surface area contributed by atoms with E-state index in [1.807, 2.05) is 18.2 Å². The molecule has 3 rings (SSSR count). The maximum atomic E-state index is 11.1. The lowest BCUT2D eigenvalue weighted by atomic mass is 10.0. The average Bonchev–Trinajstić information content (AvgIpc) is 3.22. The molecule has 0 saturated heterocycles. The van der Waals surface area contributed by atoms with Crippen molar-refractivity contribution in [3.05, 3.63) is 60.2 Å². The largest absolute Gasteiger partial charge is 0.267 e. The van der Waals surface area contributed by atoms with E-state index in [9.17, 15) is 8.42 Å². The summed E-state index contributed by atoms with van der Waals surface area (Å²) >= 11 is 0. The molecule has 0 spiro atoms. The molecule has 4 heteroatoms. The monoisotopic (exact) mass is 316 g/mol. The molecule has 0 radical (unpaired) electrons. The molecule has 116 valence electrons. The molecule has 2 aromatic carbocycles. The predicted molar refractivity (Wildman–Crippen MR) is 88.0 cm³/mol. The van der Waals surface area contributed by atoms with E-state index in [4.69, 9.17) is 4.18 Å². The third-order valence-corrected chi connectivity index (χ3v) is 4.62. The normalized spacial score (nSPS) is 20.8. The van der Waals surface area contributed by atoms with Gasteiger partial charge in [-0.1, -0.05) is 54.6 Å². The summed E-state index contributed by atoms with van der Waals surface area (Å²) in [7, 11) is -3.31. The lowest BCUT2D eigenvalue weighted by Crippen LogP contribution is -2.06. The second-order valence-electron chi connectivity index (χ2n) is 5.94. The Hall–Kier alpha value is -1.65. The first kappa shape index (κ1) is 15.3. The summed E-state index contributed by atoms with van der Waals surface area (Å²) in [6.45, 7) is 0. The highest BCUT2D eigenvalue weighted by molar-refractivity contribution is 7.86. The van der Waals surface area contributed by atoms with Gasteiger partial charge in [0.2, 0.25) is 0 Å². The Morgan fingerprint density at radius 1 is 1.00 bits per heavy atom. The van der Waals surface area contributed by atoms with Gasteiger partial charge in [-0.25, -0.2) is 0 Å². The van der Waals surface area contributed by atoms with Crippen LogP contribution in [0.25, 0.3) is 11.1 Å². The van der Waals surface area contributed by atoms with E-state index in [0.29, 0.717) is 5.92 Å². The van der Waals surface area contributed by atoms with Crippen molar-refractivity contribution >= 4 is 10.1 Å². The molecule has 1 fully saturated rings. The molecule has 1 saturated carbocycles. The van der Waals surface area contributed by atoms with E-state index >= 15 is 0 Å². The zero-order valence-corrected chi connectivity index (χ0v) is 13.4. The van der Waals surface area contributed by atoms with Gasteiger partial charge in [0.15, 0.2) is 0 Å². The van der Waals surface area contributed by atoms with Crippen molar-refractivity contribution in [1.29, 1.82) is 0 Å². The standard InChI is InChI=1S/C18H20O3S/c1-22(19,20)21-18-13-17(18)12-9-14-7-10-16(11-8-14)15-5-3-2-4-6-15/h2-8,10-11,17-18H,9,12-13H2,1H3/t17-,18-/m0/s1. The molecule has 0 bridgehead atoms. The maximum absolute atomic E-state index is 11.1. The number of rotatable bonds is 6. The Kier molecular flexibility index (Phi) is 4.32. The molecule has 0 N–H and O–H groups in total. The second-order valence-corrected chi connectivity index (χ2v) is 7.54. The van der Waals surface area contributed by atoms with Crippen LogP contribution in [0.3, 0.4) is 0 Å². The minimum absolute atomic E-state index is 0.0985. The van der Waals surface area contributed by atoms with Crippen LogP contribution in [0.2, 0.25) is 0 Å². The summed E-state index contributed by atoms with van der Waals surface area (Å²) in [6.07, 6.45) is 3.81. The van der Waals surface area contributed by atoms with Gasteiger partial charge in [-0.05, 0) is 41.9 Å². The van der Waals surface area contributed by atoms with Crippen molar-refractivity contribution in [2.24, 2.45) is 5.92 Å². The van der Waals surface area contributed by atoms with Crippen molar-refractivity contribution in [2.75, 3.05) is 6.26 Å². The van der Waals surface area contributed by atoms with Crippen LogP contribution in [0.1, 0.15) is 18.4 Å². The molecule has 0 aliphatic heterocycles. The first-order valence-corrected chi connectivity index (χ1v) is 9.35. The number of benzene rings is 2. The summed E-state index contributed by atoms with van der Waals surface area (Å²) < 4.78 is 27.1. The molecule has 0 aromatic heterocycles. The topological polar surface area (TPSA) is 43.4 Å². The fourth-order valence-corrected chi connectivity index (χ4v) is 3.40. The molecule has 2 aromatic rings. The smallest absolute Gasteiger partial charge is 0.264 e. The lowest BCUT2D eigenvalue weighted by Gasteiger charge is -2.05. The Morgan fingerprint density at radius 2 is 1.64 bits per heavy atom. The van der Waals surface area contributed by atoms with Gasteiger partial charge in [-0.15, -0.1) is 0 Å². The summed E-state index contributed by atoms with van der Waals surface area (Å²) in [6, 6.07) is 18.9. The highest BCUT2D eigenvalue weighted by Gasteiger charge is 2.40. The Morgan fingerprint density at radius 3 is 2.27 bits per heavy atom. The molecule has 1 aliphatic carbocycles. The van der Waals surface area contributed by atoms with Crippen LogP contribution in [-0.2, 0) is 20.7 Å². The summed E-state index contributed by atoms with van der Waals surface area (Å²) in [5, 5.41) is 0. The van der Waals surface area contributed by atoms with Crippen LogP contribution < -0.4 is 0 Å². The molecule has 22 heavy (non-hydrogen) atoms. The fourth-order valence-electron chi connectivity index (χ4n) is 2.71. The molecule has 0 heterocycles. The predicted octanol–water partition coefficient (Wildman–Crippen LogP) is 3.65. The Bertz CT molecular complexity index is 721. The third kappa shape index (κ3) is 4.18. The highest BCUT2D eigenvalue weighted by Crippen LogP contribution is 2.38. The van der Waals surface area contributed by atoms with E-state index in [0.717, 1.165) is 25.5 Å². The van der Waals surface area contributed by atoms with Gasteiger partial charge in [0.25, 0.3) is 10.1 Å². The first-order chi connectivity index (χ1) is 10.5. The van der Waals surface area contributed by atoms with Crippen LogP contribution in [0.4, 0.5) is 0 Å². The van der Waals surface area contributed by atoms with Crippen molar-refractivity contribution in [2.45, 2.75) is 25.4 Å². The lowest BCUT2D eigenvalue weighted by molar-refractivity contribution is 0.288. The third-order valence-electron chi connectivity index (χ3n) is 4.02. The summed E-state index contributed by atoms with van der Waals surface area (Å²) in [4.78, 5) is 0. The van der Waals surface area contributed by atoms with E-state index in [1.165, 1.54) is 16.7 Å². The van der Waals surface area contributed by atoms with E-state index < -0.39 is 10.1 Å². The van der Waals surface area contributed by atoms with Gasteiger partial charge in [0.1, 0.15) is 0 Å². The second kappa shape index (κ2) is 6.23. The first-order valence-electron chi connectivity index (χ1n) is 7.54. The quantitative estimate of drug-likeness (QED) is 0.764. The number of hydrogen-bond acceptors (Lipinski definition) is 3. The maximum Gasteiger partial charge on any atom is 0.264 e.